The van der Waals surface area contributed by atoms with Gasteiger partial charge in [-0.3, -0.25) is 9.78 Å². The topological polar surface area (TPSA) is 85.0 Å². The number of amides is 1. The Morgan fingerprint density at radius 1 is 1.07 bits per heavy atom. The zero-order chi connectivity index (χ0) is 19.2. The van der Waals surface area contributed by atoms with E-state index in [0.717, 1.165) is 11.3 Å². The molecular weight excluding hydrogens is 338 g/mol. The van der Waals surface area contributed by atoms with E-state index in [2.05, 4.69) is 28.8 Å². The van der Waals surface area contributed by atoms with Crippen molar-refractivity contribution < 1.29 is 4.79 Å². The van der Waals surface area contributed by atoms with Crippen LogP contribution in [0.1, 0.15) is 29.9 Å². The Hall–Kier alpha value is -3.28. The van der Waals surface area contributed by atoms with Crippen molar-refractivity contribution in [2.75, 3.05) is 12.3 Å². The average molecular weight is 361 g/mol. The Balaban J connectivity index is 1.98. The molecule has 0 spiro atoms. The summed E-state index contributed by atoms with van der Waals surface area (Å²) in [6.07, 6.45) is 3.24. The summed E-state index contributed by atoms with van der Waals surface area (Å²) < 4.78 is 0. The van der Waals surface area contributed by atoms with Crippen LogP contribution in [0, 0.1) is 5.92 Å². The van der Waals surface area contributed by atoms with Crippen molar-refractivity contribution >= 4 is 11.9 Å². The van der Waals surface area contributed by atoms with Crippen LogP contribution in [0.3, 0.4) is 0 Å². The van der Waals surface area contributed by atoms with Crippen molar-refractivity contribution in [3.63, 3.8) is 0 Å². The molecule has 3 aromatic rings. The summed E-state index contributed by atoms with van der Waals surface area (Å²) in [5.41, 5.74) is 8.44. The van der Waals surface area contributed by atoms with Gasteiger partial charge in [-0.05, 0) is 18.1 Å². The maximum atomic E-state index is 13.4. The van der Waals surface area contributed by atoms with Crippen LogP contribution < -0.4 is 5.73 Å². The fourth-order valence-corrected chi connectivity index (χ4v) is 2.89. The quantitative estimate of drug-likeness (QED) is 0.727. The van der Waals surface area contributed by atoms with Crippen molar-refractivity contribution in [1.82, 2.24) is 19.9 Å². The summed E-state index contributed by atoms with van der Waals surface area (Å²) in [6.45, 7) is 5.19. The van der Waals surface area contributed by atoms with Crippen molar-refractivity contribution in [1.29, 1.82) is 0 Å². The standard InChI is InChI=1S/C21H23N5O/c1-15(2)13-26(14-17-10-6-7-11-23-17)20(27)18-12-24-21(22)25-19(18)16-8-4-3-5-9-16/h3-12,15H,13-14H2,1-2H3,(H2,22,24,25). The molecule has 2 aromatic heterocycles. The van der Waals surface area contributed by atoms with Crippen LogP contribution in [-0.4, -0.2) is 32.3 Å². The van der Waals surface area contributed by atoms with Crippen LogP contribution in [0.4, 0.5) is 5.95 Å². The van der Waals surface area contributed by atoms with E-state index >= 15 is 0 Å². The predicted octanol–water partition coefficient (Wildman–Crippen LogP) is 3.42. The summed E-state index contributed by atoms with van der Waals surface area (Å²) in [7, 11) is 0. The van der Waals surface area contributed by atoms with Crippen molar-refractivity contribution in [3.8, 4) is 11.3 Å². The average Bonchev–Trinajstić information content (AvgIpc) is 2.68. The highest BCUT2D eigenvalue weighted by atomic mass is 16.2. The predicted molar refractivity (Wildman–Crippen MR) is 106 cm³/mol. The van der Waals surface area contributed by atoms with Gasteiger partial charge in [0.15, 0.2) is 0 Å². The molecule has 2 N–H and O–H groups in total. The summed E-state index contributed by atoms with van der Waals surface area (Å²) in [5, 5.41) is 0. The van der Waals surface area contributed by atoms with Gasteiger partial charge in [0.25, 0.3) is 5.91 Å². The molecule has 6 heteroatoms. The summed E-state index contributed by atoms with van der Waals surface area (Å²) in [5.74, 6) is 0.325. The van der Waals surface area contributed by atoms with Crippen LogP contribution in [0.2, 0.25) is 0 Å². The fraction of sp³-hybridized carbons (Fsp3) is 0.238. The number of pyridine rings is 1. The Bertz CT molecular complexity index is 897. The van der Waals surface area contributed by atoms with Gasteiger partial charge in [-0.2, -0.15) is 0 Å². The van der Waals surface area contributed by atoms with Gasteiger partial charge in [0.1, 0.15) is 0 Å². The third-order valence-corrected chi connectivity index (χ3v) is 4.04. The zero-order valence-corrected chi connectivity index (χ0v) is 15.5. The molecule has 0 saturated heterocycles. The molecular formula is C21H23N5O. The molecule has 3 rings (SSSR count). The second kappa shape index (κ2) is 8.40. The molecule has 0 radical (unpaired) electrons. The maximum Gasteiger partial charge on any atom is 0.258 e. The number of hydrogen-bond acceptors (Lipinski definition) is 5. The Labute approximate surface area is 159 Å². The molecule has 0 aliphatic heterocycles. The van der Waals surface area contributed by atoms with Gasteiger partial charge in [-0.1, -0.05) is 50.2 Å². The number of nitrogen functional groups attached to an aromatic ring is 1. The number of rotatable bonds is 6. The minimum absolute atomic E-state index is 0.131. The minimum Gasteiger partial charge on any atom is -0.368 e. The van der Waals surface area contributed by atoms with E-state index in [1.807, 2.05) is 48.5 Å². The molecule has 0 bridgehead atoms. The molecule has 0 saturated carbocycles. The summed E-state index contributed by atoms with van der Waals surface area (Å²) >= 11 is 0. The van der Waals surface area contributed by atoms with Crippen molar-refractivity contribution in [2.24, 2.45) is 5.92 Å². The number of carbonyl (C=O) groups is 1. The highest BCUT2D eigenvalue weighted by Crippen LogP contribution is 2.23. The van der Waals surface area contributed by atoms with E-state index in [0.29, 0.717) is 30.3 Å². The van der Waals surface area contributed by atoms with Crippen molar-refractivity contribution in [2.45, 2.75) is 20.4 Å². The van der Waals surface area contributed by atoms with Gasteiger partial charge in [-0.25, -0.2) is 9.97 Å². The lowest BCUT2D eigenvalue weighted by molar-refractivity contribution is 0.0720. The lowest BCUT2D eigenvalue weighted by atomic mass is 10.1. The number of anilines is 1. The number of benzene rings is 1. The SMILES string of the molecule is CC(C)CN(Cc1ccccn1)C(=O)c1cnc(N)nc1-c1ccccc1. The van der Waals surface area contributed by atoms with Gasteiger partial charge in [0, 0.05) is 24.5 Å². The number of aromatic nitrogens is 3. The molecule has 2 heterocycles. The second-order valence-corrected chi connectivity index (χ2v) is 6.76. The van der Waals surface area contributed by atoms with E-state index in [1.54, 1.807) is 11.1 Å². The van der Waals surface area contributed by atoms with Crippen LogP contribution >= 0.6 is 0 Å². The third-order valence-electron chi connectivity index (χ3n) is 4.04. The number of nitrogens with zero attached hydrogens (tertiary/aromatic N) is 4. The Morgan fingerprint density at radius 2 is 1.81 bits per heavy atom. The molecule has 0 unspecified atom stereocenters. The molecule has 0 atom stereocenters. The highest BCUT2D eigenvalue weighted by molar-refractivity contribution is 5.99. The molecule has 1 amide bonds. The Morgan fingerprint density at radius 3 is 2.48 bits per heavy atom. The number of carbonyl (C=O) groups excluding carboxylic acids is 1. The third kappa shape index (κ3) is 4.67. The van der Waals surface area contributed by atoms with Gasteiger partial charge in [0.05, 0.1) is 23.5 Å². The monoisotopic (exact) mass is 361 g/mol. The van der Waals surface area contributed by atoms with Crippen LogP contribution in [0.25, 0.3) is 11.3 Å². The van der Waals surface area contributed by atoms with Gasteiger partial charge in [0.2, 0.25) is 5.95 Å². The molecule has 0 aliphatic carbocycles. The largest absolute Gasteiger partial charge is 0.368 e. The van der Waals surface area contributed by atoms with Crippen LogP contribution in [-0.2, 0) is 6.54 Å². The van der Waals surface area contributed by atoms with Gasteiger partial charge < -0.3 is 10.6 Å². The fourth-order valence-electron chi connectivity index (χ4n) is 2.89. The van der Waals surface area contributed by atoms with E-state index in [4.69, 9.17) is 5.73 Å². The van der Waals surface area contributed by atoms with Crippen LogP contribution in [0.15, 0.2) is 60.9 Å². The highest BCUT2D eigenvalue weighted by Gasteiger charge is 2.23. The zero-order valence-electron chi connectivity index (χ0n) is 15.5. The Kier molecular flexibility index (Phi) is 5.76. The molecule has 27 heavy (non-hydrogen) atoms. The number of hydrogen-bond donors (Lipinski definition) is 1. The molecule has 6 nitrogen and oxygen atoms in total. The normalized spacial score (nSPS) is 10.8. The lowest BCUT2D eigenvalue weighted by Gasteiger charge is -2.25. The molecule has 1 aromatic carbocycles. The summed E-state index contributed by atoms with van der Waals surface area (Å²) in [6, 6.07) is 15.2. The van der Waals surface area contributed by atoms with Gasteiger partial charge in [-0.15, -0.1) is 0 Å². The second-order valence-electron chi connectivity index (χ2n) is 6.76. The molecule has 138 valence electrons. The molecule has 0 fully saturated rings. The first-order valence-electron chi connectivity index (χ1n) is 8.91. The van der Waals surface area contributed by atoms with Gasteiger partial charge >= 0.3 is 0 Å². The number of nitrogens with two attached hydrogens (primary N) is 1. The van der Waals surface area contributed by atoms with E-state index in [9.17, 15) is 4.79 Å². The van der Waals surface area contributed by atoms with E-state index in [-0.39, 0.29) is 11.9 Å². The maximum absolute atomic E-state index is 13.4. The first kappa shape index (κ1) is 18.5. The molecule has 0 aliphatic rings. The van der Waals surface area contributed by atoms with E-state index in [1.165, 1.54) is 6.20 Å². The lowest BCUT2D eigenvalue weighted by Crippen LogP contribution is -2.34. The van der Waals surface area contributed by atoms with E-state index < -0.39 is 0 Å². The first-order chi connectivity index (χ1) is 13.0. The minimum atomic E-state index is -0.131. The summed E-state index contributed by atoms with van der Waals surface area (Å²) in [4.78, 5) is 27.9. The smallest absolute Gasteiger partial charge is 0.258 e. The van der Waals surface area contributed by atoms with Crippen molar-refractivity contribution in [3.05, 3.63) is 72.2 Å². The van der Waals surface area contributed by atoms with Crippen LogP contribution in [0.5, 0.6) is 0 Å². The first-order valence-corrected chi connectivity index (χ1v) is 8.91.